The van der Waals surface area contributed by atoms with E-state index in [1.165, 1.54) is 6.07 Å². The number of benzene rings is 1. The molecular formula is C12H13FINO2. The number of morpholine rings is 1. The zero-order valence-electron chi connectivity index (χ0n) is 9.45. The molecular weight excluding hydrogens is 336 g/mol. The van der Waals surface area contributed by atoms with E-state index in [1.54, 1.807) is 17.0 Å². The second-order valence-electron chi connectivity index (χ2n) is 4.03. The van der Waals surface area contributed by atoms with Gasteiger partial charge in [0.2, 0.25) is 0 Å². The minimum atomic E-state index is -0.457. The number of carbonyl (C=O) groups excluding carboxylic acids is 1. The van der Waals surface area contributed by atoms with E-state index >= 15 is 0 Å². The number of ether oxygens (including phenoxy) is 1. The van der Waals surface area contributed by atoms with Gasteiger partial charge in [0.05, 0.1) is 18.3 Å². The van der Waals surface area contributed by atoms with E-state index in [4.69, 9.17) is 4.74 Å². The summed E-state index contributed by atoms with van der Waals surface area (Å²) in [5.74, 6) is -0.705. The van der Waals surface area contributed by atoms with Gasteiger partial charge in [0.1, 0.15) is 5.82 Å². The van der Waals surface area contributed by atoms with Crippen LogP contribution in [0, 0.1) is 9.39 Å². The molecule has 0 aromatic heterocycles. The molecule has 1 aromatic carbocycles. The maximum absolute atomic E-state index is 13.7. The standard InChI is InChI=1S/C12H13FINO2/c1-8-7-15(5-6-17-8)12(16)11-9(13)3-2-4-10(11)14/h2-4,8H,5-7H2,1H3/t8-/m0/s1. The molecule has 1 heterocycles. The van der Waals surface area contributed by atoms with Crippen LogP contribution in [0.25, 0.3) is 0 Å². The van der Waals surface area contributed by atoms with Crippen LogP contribution in [0.2, 0.25) is 0 Å². The molecule has 0 unspecified atom stereocenters. The van der Waals surface area contributed by atoms with Gasteiger partial charge in [-0.3, -0.25) is 4.79 Å². The molecule has 3 nitrogen and oxygen atoms in total. The number of rotatable bonds is 1. The van der Waals surface area contributed by atoms with Crippen molar-refractivity contribution >= 4 is 28.5 Å². The molecule has 5 heteroatoms. The van der Waals surface area contributed by atoms with Gasteiger partial charge in [0.15, 0.2) is 0 Å². The Morgan fingerprint density at radius 1 is 1.59 bits per heavy atom. The highest BCUT2D eigenvalue weighted by Crippen LogP contribution is 2.19. The van der Waals surface area contributed by atoms with Crippen LogP contribution in [0.1, 0.15) is 17.3 Å². The van der Waals surface area contributed by atoms with Crippen molar-refractivity contribution in [3.8, 4) is 0 Å². The van der Waals surface area contributed by atoms with E-state index in [1.807, 2.05) is 29.5 Å². The second kappa shape index (κ2) is 5.30. The number of hydrogen-bond acceptors (Lipinski definition) is 2. The van der Waals surface area contributed by atoms with Crippen LogP contribution in [-0.2, 0) is 4.74 Å². The fraction of sp³-hybridized carbons (Fsp3) is 0.417. The van der Waals surface area contributed by atoms with Gasteiger partial charge in [0.25, 0.3) is 5.91 Å². The zero-order chi connectivity index (χ0) is 12.4. The first-order chi connectivity index (χ1) is 8.09. The molecule has 17 heavy (non-hydrogen) atoms. The lowest BCUT2D eigenvalue weighted by Crippen LogP contribution is -2.45. The molecule has 0 aliphatic carbocycles. The van der Waals surface area contributed by atoms with Crippen LogP contribution in [0.5, 0.6) is 0 Å². The van der Waals surface area contributed by atoms with Gasteiger partial charge >= 0.3 is 0 Å². The van der Waals surface area contributed by atoms with Crippen LogP contribution in [-0.4, -0.2) is 36.6 Å². The Morgan fingerprint density at radius 3 is 3.00 bits per heavy atom. The van der Waals surface area contributed by atoms with Crippen molar-refractivity contribution in [1.29, 1.82) is 0 Å². The zero-order valence-corrected chi connectivity index (χ0v) is 11.6. The SMILES string of the molecule is C[C@H]1CN(C(=O)c2c(F)cccc2I)CCO1. The molecule has 1 aliphatic heterocycles. The van der Waals surface area contributed by atoms with Crippen molar-refractivity contribution in [3.63, 3.8) is 0 Å². The predicted molar refractivity (Wildman–Crippen MR) is 70.4 cm³/mol. The Morgan fingerprint density at radius 2 is 2.35 bits per heavy atom. The van der Waals surface area contributed by atoms with E-state index in [2.05, 4.69) is 0 Å². The summed E-state index contributed by atoms with van der Waals surface area (Å²) in [6.45, 7) is 3.46. The van der Waals surface area contributed by atoms with Crippen molar-refractivity contribution in [2.24, 2.45) is 0 Å². The third kappa shape index (κ3) is 2.77. The number of carbonyl (C=O) groups is 1. The molecule has 2 rings (SSSR count). The third-order valence-corrected chi connectivity index (χ3v) is 3.60. The van der Waals surface area contributed by atoms with Gasteiger partial charge in [0, 0.05) is 16.7 Å². The number of nitrogens with zero attached hydrogens (tertiary/aromatic N) is 1. The summed E-state index contributed by atoms with van der Waals surface area (Å²) in [5.41, 5.74) is 0.169. The highest BCUT2D eigenvalue weighted by atomic mass is 127. The minimum Gasteiger partial charge on any atom is -0.375 e. The van der Waals surface area contributed by atoms with Gasteiger partial charge in [-0.05, 0) is 41.6 Å². The predicted octanol–water partition coefficient (Wildman–Crippen LogP) is 2.29. The van der Waals surface area contributed by atoms with Gasteiger partial charge in [-0.25, -0.2) is 4.39 Å². The summed E-state index contributed by atoms with van der Waals surface area (Å²) in [4.78, 5) is 13.9. The normalized spacial score (nSPS) is 20.4. The fourth-order valence-electron chi connectivity index (χ4n) is 1.86. The molecule has 0 spiro atoms. The molecule has 1 atom stereocenters. The largest absolute Gasteiger partial charge is 0.375 e. The monoisotopic (exact) mass is 349 g/mol. The van der Waals surface area contributed by atoms with Crippen LogP contribution >= 0.6 is 22.6 Å². The molecule has 1 aliphatic rings. The van der Waals surface area contributed by atoms with Crippen molar-refractivity contribution in [3.05, 3.63) is 33.1 Å². The Hall–Kier alpha value is -0.690. The fourth-order valence-corrected chi connectivity index (χ4v) is 2.56. The van der Waals surface area contributed by atoms with Crippen molar-refractivity contribution in [2.75, 3.05) is 19.7 Å². The van der Waals surface area contributed by atoms with E-state index in [0.29, 0.717) is 23.3 Å². The highest BCUT2D eigenvalue weighted by Gasteiger charge is 2.25. The first-order valence-electron chi connectivity index (χ1n) is 5.44. The summed E-state index contributed by atoms with van der Waals surface area (Å²) < 4.78 is 19.7. The van der Waals surface area contributed by atoms with Gasteiger partial charge in [-0.15, -0.1) is 0 Å². The van der Waals surface area contributed by atoms with E-state index in [0.717, 1.165) is 0 Å². The first-order valence-corrected chi connectivity index (χ1v) is 6.52. The smallest absolute Gasteiger partial charge is 0.258 e. The first kappa shape index (κ1) is 12.8. The second-order valence-corrected chi connectivity index (χ2v) is 5.19. The van der Waals surface area contributed by atoms with Gasteiger partial charge < -0.3 is 9.64 Å². The average molecular weight is 349 g/mol. The maximum Gasteiger partial charge on any atom is 0.258 e. The van der Waals surface area contributed by atoms with Gasteiger partial charge in [-0.1, -0.05) is 6.07 Å². The van der Waals surface area contributed by atoms with Crippen LogP contribution in [0.4, 0.5) is 4.39 Å². The van der Waals surface area contributed by atoms with Crippen LogP contribution in [0.15, 0.2) is 18.2 Å². The third-order valence-electron chi connectivity index (χ3n) is 2.70. The molecule has 0 bridgehead atoms. The summed E-state index contributed by atoms with van der Waals surface area (Å²) in [5, 5.41) is 0. The van der Waals surface area contributed by atoms with E-state index in [9.17, 15) is 9.18 Å². The van der Waals surface area contributed by atoms with E-state index < -0.39 is 5.82 Å². The molecule has 1 amide bonds. The molecule has 0 saturated carbocycles. The number of hydrogen-bond donors (Lipinski definition) is 0. The quantitative estimate of drug-likeness (QED) is 0.729. The van der Waals surface area contributed by atoms with E-state index in [-0.39, 0.29) is 17.6 Å². The summed E-state index contributed by atoms with van der Waals surface area (Å²) in [7, 11) is 0. The number of amides is 1. The summed E-state index contributed by atoms with van der Waals surface area (Å²) in [6.07, 6.45) is 0.0112. The molecule has 0 N–H and O–H groups in total. The van der Waals surface area contributed by atoms with Crippen LogP contribution in [0.3, 0.4) is 0 Å². The molecule has 1 saturated heterocycles. The lowest BCUT2D eigenvalue weighted by molar-refractivity contribution is -0.0126. The Balaban J connectivity index is 2.24. The summed E-state index contributed by atoms with van der Waals surface area (Å²) >= 11 is 1.98. The van der Waals surface area contributed by atoms with Crippen molar-refractivity contribution in [1.82, 2.24) is 4.90 Å². The average Bonchev–Trinajstić information content (AvgIpc) is 2.28. The van der Waals surface area contributed by atoms with Crippen molar-refractivity contribution < 1.29 is 13.9 Å². The van der Waals surface area contributed by atoms with Crippen molar-refractivity contribution in [2.45, 2.75) is 13.0 Å². The maximum atomic E-state index is 13.7. The Bertz CT molecular complexity index is 418. The Labute approximate surface area is 113 Å². The molecule has 92 valence electrons. The molecule has 0 radical (unpaired) electrons. The highest BCUT2D eigenvalue weighted by molar-refractivity contribution is 14.1. The minimum absolute atomic E-state index is 0.0112. The lowest BCUT2D eigenvalue weighted by Gasteiger charge is -2.31. The van der Waals surface area contributed by atoms with Crippen LogP contribution < -0.4 is 0 Å². The molecule has 1 aromatic rings. The van der Waals surface area contributed by atoms with Gasteiger partial charge in [-0.2, -0.15) is 0 Å². The topological polar surface area (TPSA) is 29.5 Å². The molecule has 1 fully saturated rings. The number of halogens is 2. The Kier molecular flexibility index (Phi) is 3.98. The lowest BCUT2D eigenvalue weighted by atomic mass is 10.1. The summed E-state index contributed by atoms with van der Waals surface area (Å²) in [6, 6.07) is 4.66.